The monoisotopic (exact) mass is 438 g/mol. The van der Waals surface area contributed by atoms with Crippen LogP contribution in [0, 0.1) is 6.92 Å². The van der Waals surface area contributed by atoms with Gasteiger partial charge in [-0.3, -0.25) is 4.68 Å². The molecular formula is C19H17Cl3N4S. The van der Waals surface area contributed by atoms with Gasteiger partial charge in [0.2, 0.25) is 0 Å². The first-order chi connectivity index (χ1) is 12.9. The molecule has 0 atom stereocenters. The third kappa shape index (κ3) is 5.59. The van der Waals surface area contributed by atoms with Gasteiger partial charge in [-0.25, -0.2) is 0 Å². The summed E-state index contributed by atoms with van der Waals surface area (Å²) in [5.41, 5.74) is 3.33. The molecule has 0 bridgehead atoms. The lowest BCUT2D eigenvalue weighted by Gasteiger charge is -2.09. The second kappa shape index (κ2) is 8.93. The minimum Gasteiger partial charge on any atom is -0.358 e. The Morgan fingerprint density at radius 1 is 1.00 bits per heavy atom. The SMILES string of the molecule is Cc1ccc(CNC(=S)Nc2nn(Cc3ccc(Cl)c(Cl)c3)cc2Cl)cc1. The molecule has 0 saturated carbocycles. The van der Waals surface area contributed by atoms with Gasteiger partial charge in [0.1, 0.15) is 5.02 Å². The van der Waals surface area contributed by atoms with Crippen LogP contribution in [0.1, 0.15) is 16.7 Å². The topological polar surface area (TPSA) is 41.9 Å². The summed E-state index contributed by atoms with van der Waals surface area (Å²) in [4.78, 5) is 0. The quantitative estimate of drug-likeness (QED) is 0.501. The van der Waals surface area contributed by atoms with Crippen molar-refractivity contribution in [1.82, 2.24) is 15.1 Å². The molecule has 0 spiro atoms. The average Bonchev–Trinajstić information content (AvgIpc) is 2.96. The molecule has 3 rings (SSSR count). The third-order valence-corrected chi connectivity index (χ3v) is 5.11. The smallest absolute Gasteiger partial charge is 0.173 e. The van der Waals surface area contributed by atoms with E-state index in [1.807, 2.05) is 6.07 Å². The fourth-order valence-electron chi connectivity index (χ4n) is 2.43. The maximum Gasteiger partial charge on any atom is 0.173 e. The van der Waals surface area contributed by atoms with E-state index >= 15 is 0 Å². The van der Waals surface area contributed by atoms with Crippen molar-refractivity contribution < 1.29 is 0 Å². The van der Waals surface area contributed by atoms with E-state index in [1.165, 1.54) is 5.56 Å². The lowest BCUT2D eigenvalue weighted by atomic mass is 10.1. The van der Waals surface area contributed by atoms with Gasteiger partial charge in [0.25, 0.3) is 0 Å². The van der Waals surface area contributed by atoms with Crippen molar-refractivity contribution in [2.75, 3.05) is 5.32 Å². The molecule has 0 saturated heterocycles. The Morgan fingerprint density at radius 2 is 1.70 bits per heavy atom. The van der Waals surface area contributed by atoms with Gasteiger partial charge in [0.15, 0.2) is 10.9 Å². The zero-order valence-electron chi connectivity index (χ0n) is 14.5. The van der Waals surface area contributed by atoms with Crippen LogP contribution in [0.25, 0.3) is 0 Å². The van der Waals surface area contributed by atoms with E-state index in [-0.39, 0.29) is 0 Å². The van der Waals surface area contributed by atoms with Gasteiger partial charge < -0.3 is 10.6 Å². The van der Waals surface area contributed by atoms with Crippen molar-refractivity contribution in [1.29, 1.82) is 0 Å². The van der Waals surface area contributed by atoms with E-state index in [9.17, 15) is 0 Å². The number of rotatable bonds is 5. The summed E-state index contributed by atoms with van der Waals surface area (Å²) in [6.07, 6.45) is 1.73. The molecule has 0 aliphatic rings. The lowest BCUT2D eigenvalue weighted by Crippen LogP contribution is -2.28. The van der Waals surface area contributed by atoms with E-state index in [0.717, 1.165) is 11.1 Å². The molecule has 0 aliphatic carbocycles. The zero-order valence-corrected chi connectivity index (χ0v) is 17.6. The van der Waals surface area contributed by atoms with Crippen molar-refractivity contribution in [3.05, 3.63) is 80.4 Å². The Bertz CT molecular complexity index is 954. The second-order valence-electron chi connectivity index (χ2n) is 6.06. The van der Waals surface area contributed by atoms with Crippen molar-refractivity contribution in [3.63, 3.8) is 0 Å². The summed E-state index contributed by atoms with van der Waals surface area (Å²) in [6.45, 7) is 3.19. The molecule has 2 aromatic carbocycles. The number of aryl methyl sites for hydroxylation is 1. The number of benzene rings is 2. The van der Waals surface area contributed by atoms with Crippen molar-refractivity contribution in [2.24, 2.45) is 0 Å². The molecule has 0 unspecified atom stereocenters. The fourth-order valence-corrected chi connectivity index (χ4v) is 3.12. The number of hydrogen-bond donors (Lipinski definition) is 2. The van der Waals surface area contributed by atoms with Crippen molar-refractivity contribution in [2.45, 2.75) is 20.0 Å². The van der Waals surface area contributed by atoms with Gasteiger partial charge in [-0.1, -0.05) is 70.7 Å². The standard InChI is InChI=1S/C19H17Cl3N4S/c1-12-2-4-13(5-3-12)9-23-19(27)24-18-17(22)11-26(25-18)10-14-6-7-15(20)16(21)8-14/h2-8,11H,9-10H2,1H3,(H2,23,24,25,27). The Labute approximate surface area is 178 Å². The fraction of sp³-hybridized carbons (Fsp3) is 0.158. The van der Waals surface area contributed by atoms with Crippen LogP contribution in [0.15, 0.2) is 48.7 Å². The van der Waals surface area contributed by atoms with Crippen LogP contribution in [0.3, 0.4) is 0 Å². The largest absolute Gasteiger partial charge is 0.358 e. The van der Waals surface area contributed by atoms with Crippen LogP contribution in [-0.4, -0.2) is 14.9 Å². The Kier molecular flexibility index (Phi) is 6.60. The van der Waals surface area contributed by atoms with Gasteiger partial charge in [-0.2, -0.15) is 5.10 Å². The third-order valence-electron chi connectivity index (χ3n) is 3.85. The first-order valence-electron chi connectivity index (χ1n) is 8.18. The number of aromatic nitrogens is 2. The molecule has 1 aromatic heterocycles. The predicted molar refractivity (Wildman–Crippen MR) is 117 cm³/mol. The summed E-state index contributed by atoms with van der Waals surface area (Å²) < 4.78 is 1.72. The molecule has 1 heterocycles. The number of hydrogen-bond acceptors (Lipinski definition) is 2. The molecule has 8 heteroatoms. The van der Waals surface area contributed by atoms with Crippen molar-refractivity contribution >= 4 is 58.0 Å². The van der Waals surface area contributed by atoms with Gasteiger partial charge in [-0.05, 0) is 42.4 Å². The molecular weight excluding hydrogens is 423 g/mol. The van der Waals surface area contributed by atoms with E-state index in [0.29, 0.717) is 39.1 Å². The molecule has 2 N–H and O–H groups in total. The predicted octanol–water partition coefficient (Wildman–Crippen LogP) is 5.69. The molecule has 140 valence electrons. The van der Waals surface area contributed by atoms with Crippen molar-refractivity contribution in [3.8, 4) is 0 Å². The van der Waals surface area contributed by atoms with Crippen LogP contribution in [0.2, 0.25) is 15.1 Å². The van der Waals surface area contributed by atoms with E-state index in [1.54, 1.807) is 23.0 Å². The van der Waals surface area contributed by atoms with Crippen LogP contribution < -0.4 is 10.6 Å². The molecule has 0 radical (unpaired) electrons. The van der Waals surface area contributed by atoms with Gasteiger partial charge in [-0.15, -0.1) is 0 Å². The minimum atomic E-state index is 0.456. The molecule has 0 amide bonds. The summed E-state index contributed by atoms with van der Waals surface area (Å²) >= 11 is 23.6. The number of thiocarbonyl (C=S) groups is 1. The first-order valence-corrected chi connectivity index (χ1v) is 9.72. The van der Waals surface area contributed by atoms with E-state index in [4.69, 9.17) is 47.0 Å². The van der Waals surface area contributed by atoms with Crippen LogP contribution in [-0.2, 0) is 13.1 Å². The second-order valence-corrected chi connectivity index (χ2v) is 7.69. The maximum absolute atomic E-state index is 6.27. The molecule has 4 nitrogen and oxygen atoms in total. The highest BCUT2D eigenvalue weighted by Gasteiger charge is 2.10. The summed E-state index contributed by atoms with van der Waals surface area (Å²) in [5, 5.41) is 12.6. The molecule has 0 fully saturated rings. The van der Waals surface area contributed by atoms with Gasteiger partial charge in [0.05, 0.1) is 16.6 Å². The maximum atomic E-state index is 6.27. The summed E-state index contributed by atoms with van der Waals surface area (Å²) in [7, 11) is 0. The summed E-state index contributed by atoms with van der Waals surface area (Å²) in [6, 6.07) is 13.7. The van der Waals surface area contributed by atoms with E-state index < -0.39 is 0 Å². The van der Waals surface area contributed by atoms with Gasteiger partial charge >= 0.3 is 0 Å². The number of anilines is 1. The van der Waals surface area contributed by atoms with E-state index in [2.05, 4.69) is 46.9 Å². The van der Waals surface area contributed by atoms with Gasteiger partial charge in [0, 0.05) is 12.7 Å². The number of nitrogens with zero attached hydrogens (tertiary/aromatic N) is 2. The highest BCUT2D eigenvalue weighted by molar-refractivity contribution is 7.80. The Morgan fingerprint density at radius 3 is 2.41 bits per heavy atom. The highest BCUT2D eigenvalue weighted by Crippen LogP contribution is 2.24. The van der Waals surface area contributed by atoms with Crippen LogP contribution in [0.5, 0.6) is 0 Å². The first kappa shape index (κ1) is 20.0. The molecule has 0 aliphatic heterocycles. The normalized spacial score (nSPS) is 10.7. The van der Waals surface area contributed by atoms with Crippen LogP contribution >= 0.6 is 47.0 Å². The molecule has 3 aromatic rings. The Balaban J connectivity index is 1.59. The zero-order chi connectivity index (χ0) is 19.4. The number of nitrogens with one attached hydrogen (secondary N) is 2. The highest BCUT2D eigenvalue weighted by atomic mass is 35.5. The Hall–Kier alpha value is -1.79. The van der Waals surface area contributed by atoms with Crippen LogP contribution in [0.4, 0.5) is 5.82 Å². The minimum absolute atomic E-state index is 0.456. The average molecular weight is 440 g/mol. The summed E-state index contributed by atoms with van der Waals surface area (Å²) in [5.74, 6) is 0.498. The number of halogens is 3. The lowest BCUT2D eigenvalue weighted by molar-refractivity contribution is 0.690. The molecule has 27 heavy (non-hydrogen) atoms.